The van der Waals surface area contributed by atoms with Crippen LogP contribution in [0.2, 0.25) is 0 Å². The van der Waals surface area contributed by atoms with Crippen molar-refractivity contribution in [3.8, 4) is 0 Å². The summed E-state index contributed by atoms with van der Waals surface area (Å²) >= 11 is 0. The molecule has 9 nitrogen and oxygen atoms in total. The summed E-state index contributed by atoms with van der Waals surface area (Å²) in [6.07, 6.45) is 6.36. The Morgan fingerprint density at radius 1 is 1.39 bits per heavy atom. The molecule has 0 saturated heterocycles. The molecular weight excluding hydrogens is 396 g/mol. The lowest BCUT2D eigenvalue weighted by Gasteiger charge is -2.35. The Morgan fingerprint density at radius 3 is 2.97 bits per heavy atom. The van der Waals surface area contributed by atoms with Gasteiger partial charge in [-0.25, -0.2) is 4.68 Å². The maximum atomic E-state index is 12.9. The van der Waals surface area contributed by atoms with Crippen LogP contribution >= 0.6 is 0 Å². The minimum Gasteiger partial charge on any atom is -0.394 e. The number of carbonyl (C=O) groups is 1. The number of pyridine rings is 1. The highest BCUT2D eigenvalue weighted by atomic mass is 16.5. The smallest absolute Gasteiger partial charge is 0.222 e. The van der Waals surface area contributed by atoms with E-state index in [-0.39, 0.29) is 30.6 Å². The maximum Gasteiger partial charge on any atom is 0.222 e. The van der Waals surface area contributed by atoms with Crippen molar-refractivity contribution in [2.75, 3.05) is 26.7 Å². The average Bonchev–Trinajstić information content (AvgIpc) is 3.21. The van der Waals surface area contributed by atoms with Crippen molar-refractivity contribution >= 4 is 5.91 Å². The van der Waals surface area contributed by atoms with Crippen LogP contribution in [0.1, 0.15) is 37.9 Å². The van der Waals surface area contributed by atoms with E-state index in [1.165, 1.54) is 0 Å². The van der Waals surface area contributed by atoms with Crippen LogP contribution in [0.3, 0.4) is 0 Å². The molecule has 1 aliphatic rings. The summed E-state index contributed by atoms with van der Waals surface area (Å²) in [7, 11) is 2.06. The van der Waals surface area contributed by atoms with Crippen LogP contribution in [-0.4, -0.2) is 79.7 Å². The SMILES string of the molecule is C[C@H](CO)N1C[C@H](C)[C@@H](CN(C)Cc2cccnc2)OCc2cnnn2CCCC1=O. The molecule has 0 aliphatic carbocycles. The number of aryl methyl sites for hydroxylation is 1. The predicted molar refractivity (Wildman–Crippen MR) is 116 cm³/mol. The van der Waals surface area contributed by atoms with Gasteiger partial charge in [-0.05, 0) is 32.0 Å². The molecule has 2 aromatic rings. The molecule has 0 aromatic carbocycles. The van der Waals surface area contributed by atoms with Gasteiger partial charge in [0.1, 0.15) is 0 Å². The third-order valence-electron chi connectivity index (χ3n) is 5.81. The number of ether oxygens (including phenoxy) is 1. The summed E-state index contributed by atoms with van der Waals surface area (Å²) in [5.74, 6) is 0.135. The first-order valence-electron chi connectivity index (χ1n) is 10.9. The summed E-state index contributed by atoms with van der Waals surface area (Å²) in [5, 5.41) is 17.9. The van der Waals surface area contributed by atoms with Crippen LogP contribution in [0.15, 0.2) is 30.7 Å². The molecule has 3 atom stereocenters. The number of hydrogen-bond acceptors (Lipinski definition) is 7. The van der Waals surface area contributed by atoms with E-state index < -0.39 is 0 Å². The normalized spacial score (nSPS) is 22.0. The van der Waals surface area contributed by atoms with E-state index in [0.717, 1.165) is 17.8 Å². The molecular formula is C22H34N6O3. The van der Waals surface area contributed by atoms with E-state index in [9.17, 15) is 9.90 Å². The summed E-state index contributed by atoms with van der Waals surface area (Å²) in [6.45, 7) is 6.98. The number of amides is 1. The Morgan fingerprint density at radius 2 is 2.23 bits per heavy atom. The number of fused-ring (bicyclic) bond motifs is 1. The summed E-state index contributed by atoms with van der Waals surface area (Å²) in [5.41, 5.74) is 2.06. The van der Waals surface area contributed by atoms with Gasteiger partial charge >= 0.3 is 0 Å². The lowest BCUT2D eigenvalue weighted by molar-refractivity contribution is -0.136. The standard InChI is InChI=1S/C22H34N6O3/c1-17-12-27(18(2)15-29)22(30)7-5-9-28-20(11-24-25-28)16-31-21(17)14-26(3)13-19-6-4-8-23-10-19/h4,6,8,10-11,17-18,21,29H,5,7,9,12-16H2,1-3H3/t17-,18+,21+/m0/s1. The number of aliphatic hydroxyl groups is 1. The van der Waals surface area contributed by atoms with E-state index in [1.807, 2.05) is 23.9 Å². The molecule has 0 saturated carbocycles. The van der Waals surface area contributed by atoms with Crippen molar-refractivity contribution in [1.29, 1.82) is 0 Å². The molecule has 0 unspecified atom stereocenters. The Labute approximate surface area is 184 Å². The number of aromatic nitrogens is 4. The molecule has 3 heterocycles. The van der Waals surface area contributed by atoms with Crippen molar-refractivity contribution in [1.82, 2.24) is 29.8 Å². The van der Waals surface area contributed by atoms with Gasteiger partial charge in [-0.3, -0.25) is 14.7 Å². The summed E-state index contributed by atoms with van der Waals surface area (Å²) in [4.78, 5) is 21.1. The van der Waals surface area contributed by atoms with Gasteiger partial charge in [-0.2, -0.15) is 0 Å². The average molecular weight is 431 g/mol. The number of aliphatic hydroxyl groups excluding tert-OH is 1. The zero-order valence-electron chi connectivity index (χ0n) is 18.7. The van der Waals surface area contributed by atoms with Crippen molar-refractivity contribution in [3.05, 3.63) is 42.0 Å². The van der Waals surface area contributed by atoms with E-state index in [0.29, 0.717) is 39.1 Å². The number of hydrogen-bond donors (Lipinski definition) is 1. The van der Waals surface area contributed by atoms with Gasteiger partial charge in [0.15, 0.2) is 0 Å². The van der Waals surface area contributed by atoms with Crippen LogP contribution in [0.5, 0.6) is 0 Å². The highest BCUT2D eigenvalue weighted by molar-refractivity contribution is 5.76. The minimum absolute atomic E-state index is 0.0538. The van der Waals surface area contributed by atoms with Crippen molar-refractivity contribution in [2.45, 2.75) is 58.5 Å². The Kier molecular flexibility index (Phi) is 8.51. The van der Waals surface area contributed by atoms with E-state index in [1.54, 1.807) is 17.3 Å². The second-order valence-corrected chi connectivity index (χ2v) is 8.51. The first-order valence-corrected chi connectivity index (χ1v) is 10.9. The lowest BCUT2D eigenvalue weighted by Crippen LogP contribution is -2.47. The zero-order chi connectivity index (χ0) is 22.2. The van der Waals surface area contributed by atoms with Crippen molar-refractivity contribution in [3.63, 3.8) is 0 Å². The third-order valence-corrected chi connectivity index (χ3v) is 5.81. The Hall–Kier alpha value is -2.36. The second kappa shape index (κ2) is 11.3. The first kappa shape index (κ1) is 23.3. The maximum absolute atomic E-state index is 12.9. The predicted octanol–water partition coefficient (Wildman–Crippen LogP) is 1.33. The molecule has 0 spiro atoms. The highest BCUT2D eigenvalue weighted by Gasteiger charge is 2.28. The highest BCUT2D eigenvalue weighted by Crippen LogP contribution is 2.18. The van der Waals surface area contributed by atoms with E-state index in [2.05, 4.69) is 40.2 Å². The van der Waals surface area contributed by atoms with E-state index >= 15 is 0 Å². The van der Waals surface area contributed by atoms with Crippen LogP contribution in [-0.2, 0) is 29.2 Å². The molecule has 1 amide bonds. The second-order valence-electron chi connectivity index (χ2n) is 8.51. The van der Waals surface area contributed by atoms with Crippen molar-refractivity contribution < 1.29 is 14.6 Å². The molecule has 9 heteroatoms. The molecule has 3 rings (SSSR count). The topological polar surface area (TPSA) is 96.6 Å². The number of likely N-dealkylation sites (N-methyl/N-ethyl adjacent to an activating group) is 1. The third kappa shape index (κ3) is 6.56. The summed E-state index contributed by atoms with van der Waals surface area (Å²) in [6, 6.07) is 3.77. The van der Waals surface area contributed by atoms with Gasteiger partial charge in [0, 0.05) is 50.9 Å². The largest absolute Gasteiger partial charge is 0.394 e. The number of carbonyl (C=O) groups excluding carboxylic acids is 1. The van der Waals surface area contributed by atoms with Gasteiger partial charge in [-0.15, -0.1) is 5.10 Å². The van der Waals surface area contributed by atoms with E-state index in [4.69, 9.17) is 4.74 Å². The van der Waals surface area contributed by atoms with Gasteiger partial charge in [0.05, 0.1) is 37.3 Å². The molecule has 0 bridgehead atoms. The van der Waals surface area contributed by atoms with Gasteiger partial charge < -0.3 is 14.7 Å². The summed E-state index contributed by atoms with van der Waals surface area (Å²) < 4.78 is 8.17. The lowest BCUT2D eigenvalue weighted by atomic mass is 10.0. The Bertz CT molecular complexity index is 815. The fourth-order valence-corrected chi connectivity index (χ4v) is 3.92. The van der Waals surface area contributed by atoms with Crippen LogP contribution < -0.4 is 0 Å². The van der Waals surface area contributed by atoms with Crippen molar-refractivity contribution in [2.24, 2.45) is 5.92 Å². The first-order chi connectivity index (χ1) is 15.0. The molecule has 0 fully saturated rings. The minimum atomic E-state index is -0.228. The Balaban J connectivity index is 1.77. The molecule has 2 aromatic heterocycles. The fraction of sp³-hybridized carbons (Fsp3) is 0.636. The van der Waals surface area contributed by atoms with Crippen LogP contribution in [0.25, 0.3) is 0 Å². The molecule has 1 aliphatic heterocycles. The molecule has 1 N–H and O–H groups in total. The van der Waals surface area contributed by atoms with Crippen LogP contribution in [0, 0.1) is 5.92 Å². The van der Waals surface area contributed by atoms with Crippen LogP contribution in [0.4, 0.5) is 0 Å². The zero-order valence-corrected chi connectivity index (χ0v) is 18.7. The quantitative estimate of drug-likeness (QED) is 0.738. The monoisotopic (exact) mass is 430 g/mol. The van der Waals surface area contributed by atoms with Gasteiger partial charge in [0.2, 0.25) is 5.91 Å². The van der Waals surface area contributed by atoms with Gasteiger partial charge in [-0.1, -0.05) is 18.2 Å². The van der Waals surface area contributed by atoms with Gasteiger partial charge in [0.25, 0.3) is 0 Å². The fourth-order valence-electron chi connectivity index (χ4n) is 3.92. The molecule has 170 valence electrons. The molecule has 31 heavy (non-hydrogen) atoms. The molecule has 0 radical (unpaired) electrons. The number of nitrogens with zero attached hydrogens (tertiary/aromatic N) is 6. The number of rotatable bonds is 6.